The summed E-state index contributed by atoms with van der Waals surface area (Å²) >= 11 is 6.28. The number of hydrogen-bond donors (Lipinski definition) is 1. The van der Waals surface area contributed by atoms with Crippen molar-refractivity contribution in [1.29, 1.82) is 0 Å². The van der Waals surface area contributed by atoms with Crippen LogP contribution in [0.25, 0.3) is 5.65 Å². The molecule has 10 nitrogen and oxygen atoms in total. The summed E-state index contributed by atoms with van der Waals surface area (Å²) in [4.78, 5) is 39.4. The number of aliphatic imine (C=N–C) groups is 1. The van der Waals surface area contributed by atoms with Gasteiger partial charge in [-0.2, -0.15) is 5.10 Å². The maximum atomic E-state index is 13.9. The second-order valence-electron chi connectivity index (χ2n) is 10.5. The first-order valence-electron chi connectivity index (χ1n) is 13.4. The standard InChI is InChI=1S/C28H34ClN7O3/c1-17(2)39-28(38)31-22-9-8-19(29)13-21(22)27(37)35-11-6-5-7-24(35)23-14-25-32-26(18(3)15-36(25)33-23)34-12-10-20(16-34)30-4/h8-9,13-15,17,20,24H,4-7,10-12,16H2,1-3H3,(H,31,38)/t20-,24-/m0/s1. The maximum Gasteiger partial charge on any atom is 0.411 e. The Kier molecular flexibility index (Phi) is 7.74. The zero-order chi connectivity index (χ0) is 27.7. The van der Waals surface area contributed by atoms with Gasteiger partial charge >= 0.3 is 6.09 Å². The highest BCUT2D eigenvalue weighted by Gasteiger charge is 2.32. The van der Waals surface area contributed by atoms with Crippen molar-refractivity contribution in [1.82, 2.24) is 19.5 Å². The van der Waals surface area contributed by atoms with Crippen LogP contribution in [0.15, 0.2) is 35.5 Å². The van der Waals surface area contributed by atoms with E-state index >= 15 is 0 Å². The zero-order valence-corrected chi connectivity index (χ0v) is 23.3. The van der Waals surface area contributed by atoms with Crippen LogP contribution in [0, 0.1) is 6.92 Å². The summed E-state index contributed by atoms with van der Waals surface area (Å²) in [6.07, 6.45) is 4.68. The van der Waals surface area contributed by atoms with Crippen molar-refractivity contribution in [3.8, 4) is 0 Å². The molecule has 0 aliphatic carbocycles. The third kappa shape index (κ3) is 5.71. The Bertz CT molecular complexity index is 1410. The number of aryl methyl sites for hydroxylation is 1. The number of hydrogen-bond acceptors (Lipinski definition) is 7. The lowest BCUT2D eigenvalue weighted by molar-refractivity contribution is 0.0606. The van der Waals surface area contributed by atoms with Gasteiger partial charge in [0, 0.05) is 42.5 Å². The number of carbonyl (C=O) groups is 2. The zero-order valence-electron chi connectivity index (χ0n) is 22.6. The van der Waals surface area contributed by atoms with Gasteiger partial charge in [-0.1, -0.05) is 11.6 Å². The lowest BCUT2D eigenvalue weighted by Crippen LogP contribution is -2.39. The summed E-state index contributed by atoms with van der Waals surface area (Å²) in [5, 5.41) is 7.95. The molecule has 0 spiro atoms. The van der Waals surface area contributed by atoms with E-state index in [0.717, 1.165) is 61.5 Å². The number of anilines is 2. The fraction of sp³-hybridized carbons (Fsp3) is 0.464. The Morgan fingerprint density at radius 1 is 1.21 bits per heavy atom. The summed E-state index contributed by atoms with van der Waals surface area (Å²) in [5.74, 6) is 0.712. The lowest BCUT2D eigenvalue weighted by atomic mass is 9.98. The smallest absolute Gasteiger partial charge is 0.411 e. The van der Waals surface area contributed by atoms with Gasteiger partial charge in [0.1, 0.15) is 5.82 Å². The van der Waals surface area contributed by atoms with E-state index in [0.29, 0.717) is 22.8 Å². The summed E-state index contributed by atoms with van der Waals surface area (Å²) < 4.78 is 7.01. The van der Waals surface area contributed by atoms with E-state index in [1.54, 1.807) is 36.6 Å². The van der Waals surface area contributed by atoms with Crippen LogP contribution < -0.4 is 10.2 Å². The molecule has 4 heterocycles. The molecule has 5 rings (SSSR count). The van der Waals surface area contributed by atoms with Crippen LogP contribution in [0.5, 0.6) is 0 Å². The molecule has 1 N–H and O–H groups in total. The van der Waals surface area contributed by atoms with Gasteiger partial charge < -0.3 is 14.5 Å². The SMILES string of the molecule is C=N[C@H]1CCN(c2nc3cc([C@@H]4CCCCN4C(=O)c4cc(Cl)ccc4NC(=O)OC(C)C)nn3cc2C)C1. The molecule has 11 heteroatoms. The fourth-order valence-electron chi connectivity index (χ4n) is 5.38. The van der Waals surface area contributed by atoms with Crippen LogP contribution in [0.4, 0.5) is 16.3 Å². The number of carbonyl (C=O) groups excluding carboxylic acids is 2. The van der Waals surface area contributed by atoms with E-state index < -0.39 is 6.09 Å². The monoisotopic (exact) mass is 551 g/mol. The van der Waals surface area contributed by atoms with Crippen molar-refractivity contribution in [3.63, 3.8) is 0 Å². The Morgan fingerprint density at radius 2 is 2.03 bits per heavy atom. The number of likely N-dealkylation sites (tertiary alicyclic amines) is 1. The second kappa shape index (κ2) is 11.2. The molecule has 0 radical (unpaired) electrons. The number of amides is 2. The highest BCUT2D eigenvalue weighted by molar-refractivity contribution is 6.31. The van der Waals surface area contributed by atoms with Gasteiger partial charge in [-0.05, 0) is 71.4 Å². The highest BCUT2D eigenvalue weighted by atomic mass is 35.5. The lowest BCUT2D eigenvalue weighted by Gasteiger charge is -2.35. The molecular formula is C28H34ClN7O3. The van der Waals surface area contributed by atoms with Crippen molar-refractivity contribution in [3.05, 3.63) is 52.3 Å². The van der Waals surface area contributed by atoms with E-state index in [4.69, 9.17) is 26.4 Å². The Hall–Kier alpha value is -3.66. The number of halogens is 1. The molecule has 206 valence electrons. The van der Waals surface area contributed by atoms with Crippen molar-refractivity contribution < 1.29 is 14.3 Å². The molecule has 0 saturated carbocycles. The third-order valence-electron chi connectivity index (χ3n) is 7.24. The average molecular weight is 552 g/mol. The molecule has 0 bridgehead atoms. The van der Waals surface area contributed by atoms with Crippen LogP contribution in [-0.4, -0.2) is 70.0 Å². The minimum atomic E-state index is -0.623. The van der Waals surface area contributed by atoms with Crippen LogP contribution in [-0.2, 0) is 4.74 Å². The van der Waals surface area contributed by atoms with Crippen LogP contribution in [0.1, 0.15) is 67.2 Å². The van der Waals surface area contributed by atoms with Crippen LogP contribution >= 0.6 is 11.6 Å². The van der Waals surface area contributed by atoms with Crippen LogP contribution in [0.2, 0.25) is 5.02 Å². The van der Waals surface area contributed by atoms with Gasteiger partial charge in [0.05, 0.1) is 35.1 Å². The Labute approximate surface area is 233 Å². The van der Waals surface area contributed by atoms with Crippen LogP contribution in [0.3, 0.4) is 0 Å². The molecule has 3 aromatic rings. The normalized spacial score (nSPS) is 19.5. The molecule has 39 heavy (non-hydrogen) atoms. The van der Waals surface area contributed by atoms with Crippen molar-refractivity contribution >= 4 is 47.5 Å². The first kappa shape index (κ1) is 26.9. The molecule has 2 amide bonds. The largest absolute Gasteiger partial charge is 0.447 e. The molecule has 2 aliphatic rings. The molecule has 0 unspecified atom stereocenters. The Balaban J connectivity index is 1.44. The first-order chi connectivity index (χ1) is 18.7. The van der Waals surface area contributed by atoms with Gasteiger partial charge in [-0.25, -0.2) is 14.3 Å². The van der Waals surface area contributed by atoms with Crippen molar-refractivity contribution in [2.24, 2.45) is 4.99 Å². The van der Waals surface area contributed by atoms with Gasteiger partial charge in [0.25, 0.3) is 5.91 Å². The summed E-state index contributed by atoms with van der Waals surface area (Å²) in [6, 6.07) is 6.81. The maximum absolute atomic E-state index is 13.9. The van der Waals surface area contributed by atoms with E-state index in [2.05, 4.69) is 21.9 Å². The minimum absolute atomic E-state index is 0.219. The quantitative estimate of drug-likeness (QED) is 0.417. The molecule has 1 aromatic carbocycles. The van der Waals surface area contributed by atoms with Gasteiger partial charge in [-0.3, -0.25) is 15.1 Å². The second-order valence-corrected chi connectivity index (χ2v) is 10.9. The predicted molar refractivity (Wildman–Crippen MR) is 152 cm³/mol. The fourth-order valence-corrected chi connectivity index (χ4v) is 5.55. The number of benzene rings is 1. The molecule has 2 fully saturated rings. The predicted octanol–water partition coefficient (Wildman–Crippen LogP) is 5.29. The topological polar surface area (TPSA) is 104 Å². The molecule has 2 aromatic heterocycles. The Morgan fingerprint density at radius 3 is 2.77 bits per heavy atom. The third-order valence-corrected chi connectivity index (χ3v) is 7.48. The first-order valence-corrected chi connectivity index (χ1v) is 13.8. The number of nitrogens with zero attached hydrogens (tertiary/aromatic N) is 6. The molecule has 2 atom stereocenters. The molecular weight excluding hydrogens is 518 g/mol. The number of piperidine rings is 1. The summed E-state index contributed by atoms with van der Waals surface area (Å²) in [7, 11) is 0. The number of aromatic nitrogens is 3. The minimum Gasteiger partial charge on any atom is -0.447 e. The van der Waals surface area contributed by atoms with E-state index in [1.807, 2.05) is 24.1 Å². The number of fused-ring (bicyclic) bond motifs is 1. The van der Waals surface area contributed by atoms with Gasteiger partial charge in [0.2, 0.25) is 0 Å². The highest BCUT2D eigenvalue weighted by Crippen LogP contribution is 2.34. The number of nitrogens with one attached hydrogen (secondary N) is 1. The molecule has 2 aliphatic heterocycles. The van der Waals surface area contributed by atoms with E-state index in [1.165, 1.54) is 0 Å². The van der Waals surface area contributed by atoms with E-state index in [9.17, 15) is 9.59 Å². The van der Waals surface area contributed by atoms with Crippen molar-refractivity contribution in [2.45, 2.75) is 64.6 Å². The molecule has 2 saturated heterocycles. The average Bonchev–Trinajstić information content (AvgIpc) is 3.55. The number of ether oxygens (including phenoxy) is 1. The van der Waals surface area contributed by atoms with Gasteiger partial charge in [-0.15, -0.1) is 0 Å². The summed E-state index contributed by atoms with van der Waals surface area (Å²) in [6.45, 7) is 11.5. The van der Waals surface area contributed by atoms with Crippen molar-refractivity contribution in [2.75, 3.05) is 29.9 Å². The van der Waals surface area contributed by atoms with E-state index in [-0.39, 0.29) is 24.1 Å². The summed E-state index contributed by atoms with van der Waals surface area (Å²) in [5.41, 5.74) is 3.22. The number of rotatable bonds is 6. The van der Waals surface area contributed by atoms with Gasteiger partial charge in [0.15, 0.2) is 5.65 Å².